The average Bonchev–Trinajstić information content (AvgIpc) is 2.53. The van der Waals surface area contributed by atoms with E-state index < -0.39 is 16.0 Å². The summed E-state index contributed by atoms with van der Waals surface area (Å²) < 4.78 is 27.0. The van der Waals surface area contributed by atoms with Crippen LogP contribution in [0.25, 0.3) is 0 Å². The van der Waals surface area contributed by atoms with Crippen LogP contribution in [0.3, 0.4) is 0 Å². The van der Waals surface area contributed by atoms with Crippen molar-refractivity contribution in [3.8, 4) is 0 Å². The highest BCUT2D eigenvalue weighted by molar-refractivity contribution is 7.93. The van der Waals surface area contributed by atoms with Crippen LogP contribution in [0.1, 0.15) is 10.4 Å². The van der Waals surface area contributed by atoms with E-state index in [1.54, 1.807) is 24.3 Å². The molecule has 0 spiro atoms. The molecule has 0 saturated carbocycles. The molecule has 0 aliphatic rings. The molecule has 1 N–H and O–H groups in total. The number of benzene rings is 2. The van der Waals surface area contributed by atoms with Gasteiger partial charge in [-0.2, -0.15) is 0 Å². The lowest BCUT2D eigenvalue weighted by Crippen LogP contribution is -2.31. The minimum atomic E-state index is -4.14. The van der Waals surface area contributed by atoms with Crippen LogP contribution in [0.4, 0.5) is 5.69 Å². The molecule has 0 amide bonds. The number of nitrogens with zero attached hydrogens (tertiary/aromatic N) is 1. The molecule has 0 fully saturated rings. The quantitative estimate of drug-likeness (QED) is 0.760. The van der Waals surface area contributed by atoms with E-state index in [1.165, 1.54) is 18.2 Å². The van der Waals surface area contributed by atoms with Crippen molar-refractivity contribution in [3.05, 3.63) is 70.7 Å². The summed E-state index contributed by atoms with van der Waals surface area (Å²) in [4.78, 5) is 10.8. The number of carboxylic acid groups (broad SMARTS) is 1. The first kappa shape index (κ1) is 18.3. The second-order valence-corrected chi connectivity index (χ2v) is 7.37. The highest BCUT2D eigenvalue weighted by Crippen LogP contribution is 2.33. The van der Waals surface area contributed by atoms with Gasteiger partial charge in [-0.3, -0.25) is 4.31 Å². The molecular formula is C16H13Cl2NO4S. The Morgan fingerprint density at radius 3 is 2.42 bits per heavy atom. The van der Waals surface area contributed by atoms with Gasteiger partial charge >= 0.3 is 5.97 Å². The van der Waals surface area contributed by atoms with E-state index in [0.29, 0.717) is 0 Å². The number of sulfonamides is 1. The van der Waals surface area contributed by atoms with Gasteiger partial charge in [-0.15, -0.1) is 6.58 Å². The van der Waals surface area contributed by atoms with Crippen LogP contribution in [-0.2, 0) is 10.0 Å². The third-order valence-corrected chi connectivity index (χ3v) is 5.74. The van der Waals surface area contributed by atoms with Crippen LogP contribution >= 0.6 is 23.2 Å². The first-order chi connectivity index (χ1) is 11.3. The fraction of sp³-hybridized carbons (Fsp3) is 0.0625. The van der Waals surface area contributed by atoms with Crippen molar-refractivity contribution in [1.82, 2.24) is 0 Å². The van der Waals surface area contributed by atoms with Crippen molar-refractivity contribution in [2.45, 2.75) is 4.90 Å². The molecule has 5 nitrogen and oxygen atoms in total. The standard InChI is InChI=1S/C16H13Cl2NO4S/c1-2-9-19(14-6-4-3-5-12(14)17)24(22,23)15-10-11(16(20)21)7-8-13(15)18/h2-8,10H,1,9H2,(H,20,21). The lowest BCUT2D eigenvalue weighted by Gasteiger charge is -2.24. The van der Waals surface area contributed by atoms with E-state index in [4.69, 9.17) is 28.3 Å². The molecule has 2 aromatic rings. The molecule has 0 atom stereocenters. The van der Waals surface area contributed by atoms with Gasteiger partial charge in [-0.05, 0) is 30.3 Å². The van der Waals surface area contributed by atoms with Crippen LogP contribution in [-0.4, -0.2) is 26.0 Å². The van der Waals surface area contributed by atoms with Crippen LogP contribution in [0.15, 0.2) is 60.0 Å². The van der Waals surface area contributed by atoms with Crippen molar-refractivity contribution < 1.29 is 18.3 Å². The Hall–Kier alpha value is -2.02. The maximum atomic E-state index is 13.0. The molecule has 0 saturated heterocycles. The largest absolute Gasteiger partial charge is 0.478 e. The number of hydrogen-bond acceptors (Lipinski definition) is 3. The highest BCUT2D eigenvalue weighted by Gasteiger charge is 2.28. The zero-order valence-corrected chi connectivity index (χ0v) is 14.6. The lowest BCUT2D eigenvalue weighted by molar-refractivity contribution is 0.0696. The fourth-order valence-electron chi connectivity index (χ4n) is 2.05. The normalized spacial score (nSPS) is 11.1. The van der Waals surface area contributed by atoms with E-state index in [-0.39, 0.29) is 32.7 Å². The van der Waals surface area contributed by atoms with Gasteiger partial charge in [0.05, 0.1) is 27.8 Å². The SMILES string of the molecule is C=CCN(c1ccccc1Cl)S(=O)(=O)c1cc(C(=O)O)ccc1Cl. The minimum absolute atomic E-state index is 0.0559. The average molecular weight is 386 g/mol. The van der Waals surface area contributed by atoms with Gasteiger partial charge in [-0.25, -0.2) is 13.2 Å². The van der Waals surface area contributed by atoms with Crippen LogP contribution in [0.5, 0.6) is 0 Å². The summed E-state index contributed by atoms with van der Waals surface area (Å²) >= 11 is 12.1. The van der Waals surface area contributed by atoms with Gasteiger partial charge < -0.3 is 5.11 Å². The van der Waals surface area contributed by atoms with Crippen molar-refractivity contribution in [2.75, 3.05) is 10.8 Å². The van der Waals surface area contributed by atoms with Crippen molar-refractivity contribution in [3.63, 3.8) is 0 Å². The molecule has 0 bridgehead atoms. The predicted molar refractivity (Wildman–Crippen MR) is 94.6 cm³/mol. The summed E-state index contributed by atoms with van der Waals surface area (Å²) in [6.45, 7) is 3.50. The molecule has 0 radical (unpaired) electrons. The molecule has 2 aromatic carbocycles. The lowest BCUT2D eigenvalue weighted by atomic mass is 10.2. The van der Waals surface area contributed by atoms with E-state index >= 15 is 0 Å². The molecule has 0 aliphatic carbocycles. The molecule has 8 heteroatoms. The van der Waals surface area contributed by atoms with Crippen LogP contribution in [0, 0.1) is 0 Å². The summed E-state index contributed by atoms with van der Waals surface area (Å²) in [6.07, 6.45) is 1.40. The van der Waals surface area contributed by atoms with Gasteiger partial charge in [-0.1, -0.05) is 41.4 Å². The molecule has 0 heterocycles. The molecule has 0 aromatic heterocycles. The number of carbonyl (C=O) groups is 1. The Kier molecular flexibility index (Phi) is 5.54. The number of rotatable bonds is 6. The third-order valence-electron chi connectivity index (χ3n) is 3.16. The summed E-state index contributed by atoms with van der Waals surface area (Å²) in [5.74, 6) is -1.25. The third kappa shape index (κ3) is 3.56. The second-order valence-electron chi connectivity index (χ2n) is 4.73. The fourth-order valence-corrected chi connectivity index (χ4v) is 4.30. The number of para-hydroxylation sites is 1. The molecular weight excluding hydrogens is 373 g/mol. The summed E-state index contributed by atoms with van der Waals surface area (Å²) in [7, 11) is -4.14. The number of carboxylic acids is 1. The van der Waals surface area contributed by atoms with E-state index in [0.717, 1.165) is 10.4 Å². The zero-order valence-electron chi connectivity index (χ0n) is 12.3. The van der Waals surface area contributed by atoms with E-state index in [2.05, 4.69) is 6.58 Å². The Morgan fingerprint density at radius 1 is 1.17 bits per heavy atom. The number of aromatic carboxylic acids is 1. The molecule has 24 heavy (non-hydrogen) atoms. The van der Waals surface area contributed by atoms with Crippen molar-refractivity contribution in [1.29, 1.82) is 0 Å². The van der Waals surface area contributed by atoms with Crippen LogP contribution < -0.4 is 4.31 Å². The topological polar surface area (TPSA) is 74.7 Å². The van der Waals surface area contributed by atoms with E-state index in [9.17, 15) is 13.2 Å². The molecule has 0 aliphatic heterocycles. The minimum Gasteiger partial charge on any atom is -0.478 e. The maximum absolute atomic E-state index is 13.0. The Morgan fingerprint density at radius 2 is 1.83 bits per heavy atom. The number of hydrogen-bond donors (Lipinski definition) is 1. The Labute approximate surface area is 149 Å². The highest BCUT2D eigenvalue weighted by atomic mass is 35.5. The summed E-state index contributed by atoms with van der Waals surface area (Å²) in [5.41, 5.74) is 0.0616. The predicted octanol–water partition coefficient (Wildman–Crippen LogP) is 4.07. The Balaban J connectivity index is 2.66. The summed E-state index contributed by atoms with van der Waals surface area (Å²) in [5, 5.41) is 9.23. The van der Waals surface area contributed by atoms with Gasteiger partial charge in [0, 0.05) is 0 Å². The molecule has 126 valence electrons. The first-order valence-corrected chi connectivity index (χ1v) is 8.89. The van der Waals surface area contributed by atoms with Crippen molar-refractivity contribution in [2.24, 2.45) is 0 Å². The van der Waals surface area contributed by atoms with E-state index in [1.807, 2.05) is 0 Å². The van der Waals surface area contributed by atoms with Gasteiger partial charge in [0.1, 0.15) is 4.90 Å². The number of anilines is 1. The first-order valence-electron chi connectivity index (χ1n) is 6.70. The van der Waals surface area contributed by atoms with Gasteiger partial charge in [0.15, 0.2) is 0 Å². The van der Waals surface area contributed by atoms with Gasteiger partial charge in [0.25, 0.3) is 10.0 Å². The summed E-state index contributed by atoms with van der Waals surface area (Å²) in [6, 6.07) is 9.89. The molecule has 2 rings (SSSR count). The zero-order chi connectivity index (χ0) is 17.9. The molecule has 0 unspecified atom stereocenters. The number of halogens is 2. The van der Waals surface area contributed by atoms with Crippen LogP contribution in [0.2, 0.25) is 10.0 Å². The monoisotopic (exact) mass is 385 g/mol. The second kappa shape index (κ2) is 7.25. The van der Waals surface area contributed by atoms with Crippen molar-refractivity contribution >= 4 is 44.9 Å². The van der Waals surface area contributed by atoms with Gasteiger partial charge in [0.2, 0.25) is 0 Å². The Bertz CT molecular complexity index is 897. The smallest absolute Gasteiger partial charge is 0.335 e. The maximum Gasteiger partial charge on any atom is 0.335 e.